The molecule has 0 aromatic carbocycles. The molecule has 0 radical (unpaired) electrons. The van der Waals surface area contributed by atoms with Gasteiger partial charge in [-0.3, -0.25) is 18.9 Å². The molecule has 5 N–H and O–H groups in total. The predicted molar refractivity (Wildman–Crippen MR) is 112 cm³/mol. The maximum Gasteiger partial charge on any atom is 0.469 e. The summed E-state index contributed by atoms with van der Waals surface area (Å²) in [7, 11) is -4.63. The van der Waals surface area contributed by atoms with E-state index in [-0.39, 0.29) is 41.8 Å². The van der Waals surface area contributed by atoms with E-state index in [9.17, 15) is 9.36 Å². The minimum absolute atomic E-state index is 0.0469. The number of aromatic nitrogens is 4. The summed E-state index contributed by atoms with van der Waals surface area (Å²) < 4.78 is 35.0. The van der Waals surface area contributed by atoms with E-state index in [2.05, 4.69) is 19.5 Å². The normalized spacial score (nSPS) is 28.7. The van der Waals surface area contributed by atoms with Crippen molar-refractivity contribution in [2.45, 2.75) is 57.1 Å². The average molecular weight is 473 g/mol. The molecule has 5 atom stereocenters. The predicted octanol–water partition coefficient (Wildman–Crippen LogP) is 0.689. The minimum atomic E-state index is -4.63. The van der Waals surface area contributed by atoms with Crippen LogP contribution in [0.25, 0.3) is 11.2 Å². The highest BCUT2D eigenvalue weighted by molar-refractivity contribution is 7.46. The van der Waals surface area contributed by atoms with Gasteiger partial charge >= 0.3 is 7.82 Å². The molecular formula is C18H28N5O8P. The lowest BCUT2D eigenvalue weighted by molar-refractivity contribution is -0.0385. The fourth-order valence-corrected chi connectivity index (χ4v) is 4.61. The molecule has 4 rings (SSSR count). The van der Waals surface area contributed by atoms with Crippen molar-refractivity contribution in [1.29, 1.82) is 0 Å². The van der Waals surface area contributed by atoms with Crippen LogP contribution >= 0.6 is 7.82 Å². The number of nitrogen functional groups attached to an aromatic ring is 1. The number of phosphoric acid groups is 1. The number of anilines is 1. The Morgan fingerprint density at radius 3 is 2.84 bits per heavy atom. The van der Waals surface area contributed by atoms with Gasteiger partial charge in [0.15, 0.2) is 11.2 Å². The number of nitrogens with zero attached hydrogens (tertiary/aromatic N) is 3. The zero-order valence-electron chi connectivity index (χ0n) is 17.6. The summed E-state index contributed by atoms with van der Waals surface area (Å²) in [5.41, 5.74) is 5.62. The van der Waals surface area contributed by atoms with E-state index in [1.807, 2.05) is 6.92 Å². The van der Waals surface area contributed by atoms with Gasteiger partial charge in [-0.2, -0.15) is 4.98 Å². The van der Waals surface area contributed by atoms with E-state index in [4.69, 9.17) is 29.7 Å². The van der Waals surface area contributed by atoms with Gasteiger partial charge in [0.2, 0.25) is 5.95 Å². The van der Waals surface area contributed by atoms with Crippen molar-refractivity contribution < 1.29 is 33.1 Å². The van der Waals surface area contributed by atoms with Crippen LogP contribution in [0.4, 0.5) is 5.95 Å². The van der Waals surface area contributed by atoms with Crippen molar-refractivity contribution in [2.75, 3.05) is 25.6 Å². The fourth-order valence-electron chi connectivity index (χ4n) is 4.25. The van der Waals surface area contributed by atoms with Crippen LogP contribution in [0.2, 0.25) is 0 Å². The molecular weight excluding hydrogens is 445 g/mol. The molecule has 4 heterocycles. The number of imidazole rings is 1. The van der Waals surface area contributed by atoms with Crippen LogP contribution in [0.5, 0.6) is 0 Å². The highest BCUT2D eigenvalue weighted by Gasteiger charge is 2.38. The number of fused-ring (bicyclic) bond motifs is 1. The zero-order chi connectivity index (χ0) is 22.9. The maximum atomic E-state index is 12.1. The van der Waals surface area contributed by atoms with Gasteiger partial charge in [-0.05, 0) is 32.6 Å². The summed E-state index contributed by atoms with van der Waals surface area (Å²) in [5.74, 6) is -0.141. The van der Waals surface area contributed by atoms with Crippen LogP contribution < -0.4 is 11.3 Å². The first-order valence-corrected chi connectivity index (χ1v) is 12.0. The quantitative estimate of drug-likeness (QED) is 0.297. The Hall–Kier alpha value is -1.86. The van der Waals surface area contributed by atoms with Gasteiger partial charge in [0.25, 0.3) is 5.56 Å². The molecule has 32 heavy (non-hydrogen) atoms. The second kappa shape index (κ2) is 9.56. The summed E-state index contributed by atoms with van der Waals surface area (Å²) in [5, 5.41) is 0. The summed E-state index contributed by atoms with van der Waals surface area (Å²) >= 11 is 0. The fraction of sp³-hybridized carbons (Fsp3) is 0.722. The Kier molecular flexibility index (Phi) is 6.96. The van der Waals surface area contributed by atoms with Gasteiger partial charge in [0.1, 0.15) is 6.23 Å². The number of nitrogens with one attached hydrogen (secondary N) is 1. The van der Waals surface area contributed by atoms with Crippen molar-refractivity contribution in [2.24, 2.45) is 5.92 Å². The number of hydrogen-bond donors (Lipinski definition) is 4. The van der Waals surface area contributed by atoms with Gasteiger partial charge in [-0.1, -0.05) is 0 Å². The number of nitrogens with two attached hydrogens (primary N) is 1. The van der Waals surface area contributed by atoms with Gasteiger partial charge in [0.05, 0.1) is 37.9 Å². The molecule has 13 nitrogen and oxygen atoms in total. The molecule has 4 unspecified atom stereocenters. The second-order valence-corrected chi connectivity index (χ2v) is 9.46. The molecule has 0 aliphatic carbocycles. The topological polar surface area (TPSA) is 184 Å². The smallest absolute Gasteiger partial charge is 0.379 e. The van der Waals surface area contributed by atoms with Crippen molar-refractivity contribution in [3.8, 4) is 0 Å². The molecule has 14 heteroatoms. The Bertz CT molecular complexity index is 1040. The molecule has 178 valence electrons. The van der Waals surface area contributed by atoms with Crippen LogP contribution in [0.3, 0.4) is 0 Å². The van der Waals surface area contributed by atoms with E-state index in [1.54, 1.807) is 4.57 Å². The molecule has 2 fully saturated rings. The summed E-state index contributed by atoms with van der Waals surface area (Å²) in [6.07, 6.45) is 3.74. The second-order valence-electron chi connectivity index (χ2n) is 8.22. The lowest BCUT2D eigenvalue weighted by Crippen LogP contribution is -2.20. The lowest BCUT2D eigenvalue weighted by Gasteiger charge is -2.21. The van der Waals surface area contributed by atoms with Crippen LogP contribution in [-0.4, -0.2) is 67.4 Å². The molecule has 0 saturated carbocycles. The van der Waals surface area contributed by atoms with E-state index in [0.717, 1.165) is 12.8 Å². The van der Waals surface area contributed by atoms with Crippen LogP contribution in [0.1, 0.15) is 38.8 Å². The Labute approximate surface area is 183 Å². The third-order valence-electron chi connectivity index (χ3n) is 5.71. The zero-order valence-corrected chi connectivity index (χ0v) is 18.5. The highest BCUT2D eigenvalue weighted by atomic mass is 31.2. The third kappa shape index (κ3) is 5.54. The highest BCUT2D eigenvalue weighted by Crippen LogP contribution is 2.41. The minimum Gasteiger partial charge on any atom is -0.379 e. The Morgan fingerprint density at radius 2 is 2.12 bits per heavy atom. The number of H-pyrrole nitrogens is 1. The first-order valence-electron chi connectivity index (χ1n) is 10.5. The molecule has 2 aliphatic heterocycles. The van der Waals surface area contributed by atoms with Gasteiger partial charge in [0, 0.05) is 12.5 Å². The van der Waals surface area contributed by atoms with Crippen molar-refractivity contribution >= 4 is 24.9 Å². The van der Waals surface area contributed by atoms with Crippen molar-refractivity contribution in [1.82, 2.24) is 19.5 Å². The summed E-state index contributed by atoms with van der Waals surface area (Å²) in [6.45, 7) is 2.73. The maximum absolute atomic E-state index is 12.1. The van der Waals surface area contributed by atoms with E-state index < -0.39 is 25.7 Å². The number of ether oxygens (including phenoxy) is 3. The van der Waals surface area contributed by atoms with Crippen LogP contribution in [0, 0.1) is 5.92 Å². The van der Waals surface area contributed by atoms with E-state index >= 15 is 0 Å². The lowest BCUT2D eigenvalue weighted by atomic mass is 10.00. The SMILES string of the molecule is CC1CCC(COCC[C@@H]2CC(COP(=O)(O)O)OC2n2cnc3c(=O)[nH]c(N)nc32)O1. The molecule has 0 spiro atoms. The first kappa shape index (κ1) is 23.3. The summed E-state index contributed by atoms with van der Waals surface area (Å²) in [6, 6.07) is 0. The monoisotopic (exact) mass is 473 g/mol. The van der Waals surface area contributed by atoms with Crippen molar-refractivity contribution in [3.63, 3.8) is 0 Å². The number of phosphoric ester groups is 1. The molecule has 2 saturated heterocycles. The van der Waals surface area contributed by atoms with Gasteiger partial charge in [-0.15, -0.1) is 0 Å². The number of hydrogen-bond acceptors (Lipinski definition) is 9. The third-order valence-corrected chi connectivity index (χ3v) is 6.20. The molecule has 2 aliphatic rings. The van der Waals surface area contributed by atoms with E-state index in [0.29, 0.717) is 26.1 Å². The number of aromatic amines is 1. The van der Waals surface area contributed by atoms with Gasteiger partial charge < -0.3 is 29.7 Å². The number of rotatable bonds is 9. The standard InChI is InChI=1S/C18H28N5O8P/c1-10-2-3-12(30-10)7-28-5-4-11-6-13(8-29-32(25,26)27)31-17(11)23-9-20-14-15(23)21-18(19)22-16(14)24/h9-13,17H,2-8H2,1H3,(H2,25,26,27)(H3,19,21,22,24)/t10?,11-,12?,13?,17?/m1/s1. The summed E-state index contributed by atoms with van der Waals surface area (Å²) in [4.78, 5) is 40.9. The average Bonchev–Trinajstić information content (AvgIpc) is 3.41. The van der Waals surface area contributed by atoms with Crippen molar-refractivity contribution in [3.05, 3.63) is 16.7 Å². The first-order chi connectivity index (χ1) is 15.2. The van der Waals surface area contributed by atoms with Crippen LogP contribution in [0.15, 0.2) is 11.1 Å². The molecule has 2 aromatic heterocycles. The van der Waals surface area contributed by atoms with Crippen LogP contribution in [-0.2, 0) is 23.3 Å². The Balaban J connectivity index is 1.46. The molecule has 0 bridgehead atoms. The van der Waals surface area contributed by atoms with E-state index in [1.165, 1.54) is 6.33 Å². The Morgan fingerprint density at radius 1 is 1.31 bits per heavy atom. The van der Waals surface area contributed by atoms with Gasteiger partial charge in [-0.25, -0.2) is 9.55 Å². The molecule has 2 aromatic rings. The molecule has 0 amide bonds. The largest absolute Gasteiger partial charge is 0.469 e.